The van der Waals surface area contributed by atoms with Crippen LogP contribution in [0.15, 0.2) is 24.3 Å². The summed E-state index contributed by atoms with van der Waals surface area (Å²) in [6.07, 6.45) is 3.83. The van der Waals surface area contributed by atoms with E-state index in [1.165, 1.54) is 24.8 Å². The van der Waals surface area contributed by atoms with E-state index in [4.69, 9.17) is 5.73 Å². The van der Waals surface area contributed by atoms with Crippen molar-refractivity contribution in [1.82, 2.24) is 4.90 Å². The number of nitrogens with zero attached hydrogens (tertiary/aromatic N) is 1. The molecule has 2 N–H and O–H groups in total. The molecule has 2 saturated carbocycles. The molecule has 2 aliphatic carbocycles. The molecule has 0 aromatic heterocycles. The SMILES string of the molecule is CN(Cc1ccccc1CN)C(=O)C1C2CCCC21. The average Bonchev–Trinajstić information content (AvgIpc) is 2.90. The van der Waals surface area contributed by atoms with Crippen molar-refractivity contribution in [3.05, 3.63) is 35.4 Å². The maximum Gasteiger partial charge on any atom is 0.226 e. The Morgan fingerprint density at radius 2 is 1.89 bits per heavy atom. The molecule has 1 amide bonds. The van der Waals surface area contributed by atoms with Crippen molar-refractivity contribution in [2.24, 2.45) is 23.5 Å². The summed E-state index contributed by atoms with van der Waals surface area (Å²) >= 11 is 0. The molecule has 0 radical (unpaired) electrons. The van der Waals surface area contributed by atoms with Gasteiger partial charge in [0.25, 0.3) is 0 Å². The van der Waals surface area contributed by atoms with E-state index in [1.54, 1.807) is 0 Å². The first-order valence-electron chi connectivity index (χ1n) is 7.24. The highest BCUT2D eigenvalue weighted by atomic mass is 16.2. The Hall–Kier alpha value is -1.35. The fourth-order valence-corrected chi connectivity index (χ4v) is 3.69. The Labute approximate surface area is 114 Å². The van der Waals surface area contributed by atoms with Gasteiger partial charge in [-0.2, -0.15) is 0 Å². The number of hydrogen-bond acceptors (Lipinski definition) is 2. The lowest BCUT2D eigenvalue weighted by atomic mass is 10.1. The molecule has 0 spiro atoms. The lowest BCUT2D eigenvalue weighted by Gasteiger charge is -2.20. The molecule has 19 heavy (non-hydrogen) atoms. The smallest absolute Gasteiger partial charge is 0.226 e. The first-order chi connectivity index (χ1) is 9.22. The Balaban J connectivity index is 1.65. The summed E-state index contributed by atoms with van der Waals surface area (Å²) in [5.74, 6) is 2.05. The lowest BCUT2D eigenvalue weighted by molar-refractivity contribution is -0.132. The Morgan fingerprint density at radius 3 is 2.53 bits per heavy atom. The van der Waals surface area contributed by atoms with Gasteiger partial charge in [-0.3, -0.25) is 4.79 Å². The molecule has 1 aromatic carbocycles. The van der Waals surface area contributed by atoms with Crippen LogP contribution < -0.4 is 5.73 Å². The van der Waals surface area contributed by atoms with Crippen molar-refractivity contribution in [2.45, 2.75) is 32.4 Å². The normalized spacial score (nSPS) is 28.0. The van der Waals surface area contributed by atoms with E-state index in [9.17, 15) is 4.79 Å². The molecule has 0 heterocycles. The molecule has 2 atom stereocenters. The van der Waals surface area contributed by atoms with E-state index in [0.29, 0.717) is 36.8 Å². The van der Waals surface area contributed by atoms with E-state index in [1.807, 2.05) is 30.1 Å². The summed E-state index contributed by atoms with van der Waals surface area (Å²) < 4.78 is 0. The molecular formula is C16H22N2O. The number of amides is 1. The fourth-order valence-electron chi connectivity index (χ4n) is 3.69. The number of benzene rings is 1. The van der Waals surface area contributed by atoms with Crippen molar-refractivity contribution >= 4 is 5.91 Å². The number of hydrogen-bond donors (Lipinski definition) is 1. The second-order valence-electron chi connectivity index (χ2n) is 5.95. The zero-order valence-electron chi connectivity index (χ0n) is 11.5. The number of fused-ring (bicyclic) bond motifs is 1. The molecule has 2 fully saturated rings. The van der Waals surface area contributed by atoms with Gasteiger partial charge in [0, 0.05) is 26.1 Å². The Kier molecular flexibility index (Phi) is 3.31. The first kappa shape index (κ1) is 12.7. The van der Waals surface area contributed by atoms with E-state index >= 15 is 0 Å². The molecule has 2 unspecified atom stereocenters. The minimum Gasteiger partial charge on any atom is -0.341 e. The van der Waals surface area contributed by atoms with Crippen molar-refractivity contribution in [3.8, 4) is 0 Å². The number of carbonyl (C=O) groups excluding carboxylic acids is 1. The highest BCUT2D eigenvalue weighted by Gasteiger charge is 2.57. The largest absolute Gasteiger partial charge is 0.341 e. The summed E-state index contributed by atoms with van der Waals surface area (Å²) in [6.45, 7) is 1.22. The monoisotopic (exact) mass is 258 g/mol. The second-order valence-corrected chi connectivity index (χ2v) is 5.95. The molecular weight excluding hydrogens is 236 g/mol. The Morgan fingerprint density at radius 1 is 1.26 bits per heavy atom. The predicted octanol–water partition coefficient (Wildman–Crippen LogP) is 2.15. The van der Waals surface area contributed by atoms with E-state index in [-0.39, 0.29) is 0 Å². The molecule has 0 saturated heterocycles. The second kappa shape index (κ2) is 4.97. The number of carbonyl (C=O) groups is 1. The van der Waals surface area contributed by atoms with Gasteiger partial charge in [-0.25, -0.2) is 0 Å². The molecule has 3 heteroatoms. The van der Waals surface area contributed by atoms with Gasteiger partial charge in [0.1, 0.15) is 0 Å². The van der Waals surface area contributed by atoms with Gasteiger partial charge in [0.2, 0.25) is 5.91 Å². The minimum atomic E-state index is 0.323. The standard InChI is InChI=1S/C16H22N2O/c1-18(10-12-6-3-2-5-11(12)9-17)16(19)15-13-7-4-8-14(13)15/h2-3,5-6,13-15H,4,7-10,17H2,1H3. The highest BCUT2D eigenvalue weighted by molar-refractivity contribution is 5.82. The maximum atomic E-state index is 12.4. The van der Waals surface area contributed by atoms with E-state index in [0.717, 1.165) is 5.56 Å². The van der Waals surface area contributed by atoms with Gasteiger partial charge in [-0.05, 0) is 35.8 Å². The van der Waals surface area contributed by atoms with Crippen LogP contribution in [-0.4, -0.2) is 17.9 Å². The van der Waals surface area contributed by atoms with Crippen LogP contribution in [0.25, 0.3) is 0 Å². The third-order valence-electron chi connectivity index (χ3n) is 4.81. The van der Waals surface area contributed by atoms with Crippen LogP contribution in [-0.2, 0) is 17.9 Å². The summed E-state index contributed by atoms with van der Waals surface area (Å²) in [4.78, 5) is 14.3. The molecule has 3 rings (SSSR count). The van der Waals surface area contributed by atoms with Gasteiger partial charge in [0.05, 0.1) is 0 Å². The molecule has 1 aromatic rings. The predicted molar refractivity (Wildman–Crippen MR) is 75.1 cm³/mol. The molecule has 0 aliphatic heterocycles. The van der Waals surface area contributed by atoms with Gasteiger partial charge < -0.3 is 10.6 Å². The van der Waals surface area contributed by atoms with Crippen molar-refractivity contribution in [2.75, 3.05) is 7.05 Å². The quantitative estimate of drug-likeness (QED) is 0.899. The van der Waals surface area contributed by atoms with Crippen LogP contribution in [0.5, 0.6) is 0 Å². The molecule has 3 nitrogen and oxygen atoms in total. The highest BCUT2D eigenvalue weighted by Crippen LogP contribution is 2.58. The Bertz CT molecular complexity index is 475. The van der Waals surface area contributed by atoms with Crippen LogP contribution in [0, 0.1) is 17.8 Å². The zero-order valence-corrected chi connectivity index (χ0v) is 11.5. The van der Waals surface area contributed by atoms with Crippen LogP contribution in [0.2, 0.25) is 0 Å². The van der Waals surface area contributed by atoms with Crippen LogP contribution >= 0.6 is 0 Å². The van der Waals surface area contributed by atoms with Crippen molar-refractivity contribution in [1.29, 1.82) is 0 Å². The maximum absolute atomic E-state index is 12.4. The van der Waals surface area contributed by atoms with E-state index < -0.39 is 0 Å². The van der Waals surface area contributed by atoms with Gasteiger partial charge >= 0.3 is 0 Å². The van der Waals surface area contributed by atoms with Gasteiger partial charge in [0.15, 0.2) is 0 Å². The zero-order chi connectivity index (χ0) is 13.4. The van der Waals surface area contributed by atoms with E-state index in [2.05, 4.69) is 6.07 Å². The number of rotatable bonds is 4. The summed E-state index contributed by atoms with van der Waals surface area (Å²) in [5.41, 5.74) is 8.06. The lowest BCUT2D eigenvalue weighted by Crippen LogP contribution is -2.29. The van der Waals surface area contributed by atoms with Gasteiger partial charge in [-0.1, -0.05) is 30.7 Å². The molecule has 102 valence electrons. The minimum absolute atomic E-state index is 0.323. The first-order valence-corrected chi connectivity index (χ1v) is 7.24. The fraction of sp³-hybridized carbons (Fsp3) is 0.562. The van der Waals surface area contributed by atoms with Gasteiger partial charge in [-0.15, -0.1) is 0 Å². The van der Waals surface area contributed by atoms with Crippen molar-refractivity contribution in [3.63, 3.8) is 0 Å². The van der Waals surface area contributed by atoms with Crippen LogP contribution in [0.1, 0.15) is 30.4 Å². The average molecular weight is 258 g/mol. The van der Waals surface area contributed by atoms with Crippen LogP contribution in [0.3, 0.4) is 0 Å². The third-order valence-corrected chi connectivity index (χ3v) is 4.81. The number of nitrogens with two attached hydrogens (primary N) is 1. The topological polar surface area (TPSA) is 46.3 Å². The summed E-state index contributed by atoms with van der Waals surface area (Å²) in [7, 11) is 1.92. The van der Waals surface area contributed by atoms with Crippen LogP contribution in [0.4, 0.5) is 0 Å². The molecule has 2 aliphatic rings. The third kappa shape index (κ3) is 2.27. The molecule has 0 bridgehead atoms. The summed E-state index contributed by atoms with van der Waals surface area (Å²) in [6, 6.07) is 8.12. The van der Waals surface area contributed by atoms with Crippen molar-refractivity contribution < 1.29 is 4.79 Å². The summed E-state index contributed by atoms with van der Waals surface area (Å²) in [5, 5.41) is 0.